The van der Waals surface area contributed by atoms with Crippen LogP contribution in [0.3, 0.4) is 0 Å². The Morgan fingerprint density at radius 3 is 2.50 bits per heavy atom. The Hall–Kier alpha value is -2.18. The number of benzene rings is 1. The lowest BCUT2D eigenvalue weighted by molar-refractivity contribution is -0.137. The fourth-order valence-corrected chi connectivity index (χ4v) is 2.72. The molecule has 0 bridgehead atoms. The molecule has 1 saturated heterocycles. The lowest BCUT2D eigenvalue weighted by Crippen LogP contribution is -2.41. The number of carbonyl (C=O) groups is 1. The van der Waals surface area contributed by atoms with Gasteiger partial charge in [-0.1, -0.05) is 18.2 Å². The second kappa shape index (κ2) is 6.85. The summed E-state index contributed by atoms with van der Waals surface area (Å²) in [7, 11) is -0.396. The van der Waals surface area contributed by atoms with Crippen molar-refractivity contribution < 1.29 is 18.8 Å². The van der Waals surface area contributed by atoms with Crippen molar-refractivity contribution in [1.29, 1.82) is 0 Å². The lowest BCUT2D eigenvalue weighted by atomic mass is 9.78. The molecule has 1 aromatic heterocycles. The Kier molecular flexibility index (Phi) is 4.91. The fraction of sp³-hybridized carbons (Fsp3) is 0.400. The summed E-state index contributed by atoms with van der Waals surface area (Å²) < 4.78 is 17.1. The topological polar surface area (TPSA) is 57.7 Å². The predicted molar refractivity (Wildman–Crippen MR) is 103 cm³/mol. The van der Waals surface area contributed by atoms with E-state index in [0.29, 0.717) is 12.3 Å². The maximum absolute atomic E-state index is 11.4. The maximum Gasteiger partial charge on any atom is 0.494 e. The van der Waals surface area contributed by atoms with Crippen LogP contribution in [0.1, 0.15) is 40.3 Å². The summed E-state index contributed by atoms with van der Waals surface area (Å²) in [5.74, 6) is -0.370. The molecule has 1 aromatic carbocycles. The molecule has 6 heteroatoms. The van der Waals surface area contributed by atoms with Gasteiger partial charge in [-0.25, -0.2) is 9.78 Å². The molecule has 0 aliphatic carbocycles. The number of nitrogens with zero attached hydrogens (tertiary/aromatic N) is 1. The average molecular weight is 353 g/mol. The molecule has 136 valence electrons. The van der Waals surface area contributed by atoms with Crippen molar-refractivity contribution in [1.82, 2.24) is 4.98 Å². The van der Waals surface area contributed by atoms with Crippen LogP contribution in [0.4, 0.5) is 0 Å². The molecule has 0 atom stereocenters. The first kappa shape index (κ1) is 18.6. The molecule has 2 aromatic rings. The molecule has 3 rings (SSSR count). The molecule has 26 heavy (non-hydrogen) atoms. The molecular formula is C20H24BNO4. The number of pyridine rings is 1. The number of ether oxygens (including phenoxy) is 1. The molecule has 1 aliphatic heterocycles. The van der Waals surface area contributed by atoms with E-state index >= 15 is 0 Å². The quantitative estimate of drug-likeness (QED) is 0.480. The number of hydrogen-bond donors (Lipinski definition) is 0. The Balaban J connectivity index is 1.83. The van der Waals surface area contributed by atoms with Crippen LogP contribution < -0.4 is 5.46 Å². The molecule has 0 amide bonds. The van der Waals surface area contributed by atoms with Crippen molar-refractivity contribution in [2.24, 2.45) is 0 Å². The zero-order valence-corrected chi connectivity index (χ0v) is 15.9. The van der Waals surface area contributed by atoms with Gasteiger partial charge in [-0.2, -0.15) is 0 Å². The van der Waals surface area contributed by atoms with Crippen molar-refractivity contribution in [3.63, 3.8) is 0 Å². The number of aromatic nitrogens is 1. The summed E-state index contributed by atoms with van der Waals surface area (Å²) >= 11 is 0. The van der Waals surface area contributed by atoms with E-state index in [1.165, 1.54) is 6.08 Å². The van der Waals surface area contributed by atoms with E-state index in [1.54, 1.807) is 13.0 Å². The van der Waals surface area contributed by atoms with Crippen LogP contribution in [-0.2, 0) is 18.8 Å². The molecule has 5 nitrogen and oxygen atoms in total. The smallest absolute Gasteiger partial charge is 0.463 e. The molecular weight excluding hydrogens is 329 g/mol. The van der Waals surface area contributed by atoms with Gasteiger partial charge in [-0.3, -0.25) is 0 Å². The highest BCUT2D eigenvalue weighted by atomic mass is 16.7. The van der Waals surface area contributed by atoms with Crippen LogP contribution in [0.5, 0.6) is 0 Å². The van der Waals surface area contributed by atoms with Crippen LogP contribution in [0.15, 0.2) is 36.4 Å². The second-order valence-electron chi connectivity index (χ2n) is 7.36. The first-order valence-corrected chi connectivity index (χ1v) is 8.83. The van der Waals surface area contributed by atoms with Gasteiger partial charge in [0.2, 0.25) is 0 Å². The summed E-state index contributed by atoms with van der Waals surface area (Å²) in [4.78, 5) is 16.0. The van der Waals surface area contributed by atoms with Crippen LogP contribution in [0.2, 0.25) is 0 Å². The monoisotopic (exact) mass is 353 g/mol. The molecule has 0 N–H and O–H groups in total. The molecule has 0 spiro atoms. The highest BCUT2D eigenvalue weighted by Gasteiger charge is 2.51. The van der Waals surface area contributed by atoms with Crippen molar-refractivity contribution in [2.45, 2.75) is 45.8 Å². The Labute approximate surface area is 154 Å². The second-order valence-corrected chi connectivity index (χ2v) is 7.36. The van der Waals surface area contributed by atoms with E-state index in [2.05, 4.69) is 4.98 Å². The van der Waals surface area contributed by atoms with Gasteiger partial charge in [0.25, 0.3) is 0 Å². The van der Waals surface area contributed by atoms with Gasteiger partial charge in [0, 0.05) is 6.08 Å². The summed E-state index contributed by atoms with van der Waals surface area (Å²) in [6, 6.07) is 9.78. The standard InChI is InChI=1S/C20H24BNO4/c1-6-24-18(23)12-10-16-9-7-14-13-15(8-11-17(14)22-16)21-25-19(2,3)20(4,5)26-21/h7-13H,6H2,1-5H3/b12-10+. The average Bonchev–Trinajstić information content (AvgIpc) is 2.80. The molecule has 1 aliphatic rings. The van der Waals surface area contributed by atoms with Gasteiger partial charge in [0.1, 0.15) is 0 Å². The van der Waals surface area contributed by atoms with Crippen molar-refractivity contribution in [3.8, 4) is 0 Å². The summed E-state index contributed by atoms with van der Waals surface area (Å²) in [6.45, 7) is 10.3. The number of rotatable bonds is 4. The molecule has 0 radical (unpaired) electrons. The van der Waals surface area contributed by atoms with Gasteiger partial charge >= 0.3 is 13.1 Å². The molecule has 0 unspecified atom stereocenters. The largest absolute Gasteiger partial charge is 0.494 e. The summed E-state index contributed by atoms with van der Waals surface area (Å²) in [5.41, 5.74) is 1.78. The molecule has 1 fully saturated rings. The van der Waals surface area contributed by atoms with E-state index in [1.807, 2.05) is 58.0 Å². The highest BCUT2D eigenvalue weighted by Crippen LogP contribution is 2.36. The fourth-order valence-electron chi connectivity index (χ4n) is 2.72. The summed E-state index contributed by atoms with van der Waals surface area (Å²) in [5, 5.41) is 0.991. The molecule has 2 heterocycles. The number of esters is 1. The number of carbonyl (C=O) groups excluding carboxylic acids is 1. The Morgan fingerprint density at radius 1 is 1.15 bits per heavy atom. The van der Waals surface area contributed by atoms with Gasteiger partial charge < -0.3 is 14.0 Å². The van der Waals surface area contributed by atoms with E-state index in [-0.39, 0.29) is 17.2 Å². The SMILES string of the molecule is CCOC(=O)/C=C/c1ccc2cc(B3OC(C)(C)C(C)(C)O3)ccc2n1. The van der Waals surface area contributed by atoms with Gasteiger partial charge in [0.05, 0.1) is 29.0 Å². The Morgan fingerprint density at radius 2 is 1.85 bits per heavy atom. The van der Waals surface area contributed by atoms with E-state index in [0.717, 1.165) is 16.4 Å². The van der Waals surface area contributed by atoms with Crippen LogP contribution in [0.25, 0.3) is 17.0 Å². The van der Waals surface area contributed by atoms with Gasteiger partial charge in [-0.15, -0.1) is 0 Å². The normalized spacial score (nSPS) is 18.6. The van der Waals surface area contributed by atoms with E-state index in [9.17, 15) is 4.79 Å². The number of fused-ring (bicyclic) bond motifs is 1. The predicted octanol–water partition coefficient (Wildman–Crippen LogP) is 3.11. The molecule has 0 saturated carbocycles. The van der Waals surface area contributed by atoms with Crippen LogP contribution in [-0.4, -0.2) is 35.9 Å². The third kappa shape index (κ3) is 3.66. The van der Waals surface area contributed by atoms with E-state index < -0.39 is 7.12 Å². The zero-order valence-electron chi connectivity index (χ0n) is 15.9. The van der Waals surface area contributed by atoms with Crippen molar-refractivity contribution in [2.75, 3.05) is 6.61 Å². The number of hydrogen-bond acceptors (Lipinski definition) is 5. The van der Waals surface area contributed by atoms with Gasteiger partial charge in [-0.05, 0) is 63.7 Å². The van der Waals surface area contributed by atoms with Crippen LogP contribution >= 0.6 is 0 Å². The Bertz CT molecular complexity index is 844. The lowest BCUT2D eigenvalue weighted by Gasteiger charge is -2.32. The zero-order chi connectivity index (χ0) is 18.9. The highest BCUT2D eigenvalue weighted by molar-refractivity contribution is 6.62. The first-order chi connectivity index (χ1) is 12.2. The summed E-state index contributed by atoms with van der Waals surface area (Å²) in [6.07, 6.45) is 3.04. The van der Waals surface area contributed by atoms with E-state index in [4.69, 9.17) is 14.0 Å². The first-order valence-electron chi connectivity index (χ1n) is 8.83. The van der Waals surface area contributed by atoms with Crippen LogP contribution in [0, 0.1) is 0 Å². The third-order valence-electron chi connectivity index (χ3n) is 4.94. The third-order valence-corrected chi connectivity index (χ3v) is 4.94. The maximum atomic E-state index is 11.4. The van der Waals surface area contributed by atoms with Gasteiger partial charge in [0.15, 0.2) is 0 Å². The van der Waals surface area contributed by atoms with Crippen molar-refractivity contribution >= 4 is 35.5 Å². The minimum absolute atomic E-state index is 0.357. The minimum atomic E-state index is -0.396. The minimum Gasteiger partial charge on any atom is -0.463 e. The van der Waals surface area contributed by atoms with Crippen molar-refractivity contribution in [3.05, 3.63) is 42.1 Å².